The quantitative estimate of drug-likeness (QED) is 0.478. The first-order chi connectivity index (χ1) is 16.4. The zero-order valence-electron chi connectivity index (χ0n) is 19.0. The van der Waals surface area contributed by atoms with Crippen molar-refractivity contribution in [2.45, 2.75) is 12.8 Å². The van der Waals surface area contributed by atoms with E-state index < -0.39 is 5.91 Å². The smallest absolute Gasteiger partial charge is 0.271 e. The van der Waals surface area contributed by atoms with E-state index in [-0.39, 0.29) is 11.6 Å². The van der Waals surface area contributed by atoms with E-state index in [0.717, 1.165) is 48.7 Å². The lowest BCUT2D eigenvalue weighted by atomic mass is 9.96. The minimum absolute atomic E-state index is 0.0195. The number of nitrogens with one attached hydrogen (secondary N) is 1. The molecule has 0 aliphatic carbocycles. The first-order valence-corrected chi connectivity index (χ1v) is 11.8. The van der Waals surface area contributed by atoms with Crippen LogP contribution >= 0.6 is 11.5 Å². The summed E-state index contributed by atoms with van der Waals surface area (Å²) in [5.41, 5.74) is 7.45. The molecular weight excluding hydrogens is 450 g/mol. The number of carbonyl (C=O) groups is 2. The molecule has 10 heteroatoms. The van der Waals surface area contributed by atoms with Crippen molar-refractivity contribution < 1.29 is 9.59 Å². The number of anilines is 3. The number of carbonyl (C=O) groups excluding carboxylic acids is 2. The Labute approximate surface area is 202 Å². The van der Waals surface area contributed by atoms with Crippen LogP contribution < -0.4 is 16.0 Å². The van der Waals surface area contributed by atoms with Crippen LogP contribution in [-0.4, -0.2) is 57.7 Å². The van der Waals surface area contributed by atoms with Gasteiger partial charge in [-0.15, -0.1) is 0 Å². The summed E-state index contributed by atoms with van der Waals surface area (Å²) in [7, 11) is 1.94. The number of amides is 2. The second-order valence-corrected chi connectivity index (χ2v) is 9.02. The summed E-state index contributed by atoms with van der Waals surface area (Å²) in [6.07, 6.45) is 4.74. The molecule has 176 valence electrons. The maximum absolute atomic E-state index is 12.0. The van der Waals surface area contributed by atoms with Crippen LogP contribution in [0, 0.1) is 5.92 Å². The Balaban J connectivity index is 1.47. The highest BCUT2D eigenvalue weighted by Crippen LogP contribution is 2.29. The molecule has 1 saturated heterocycles. The highest BCUT2D eigenvalue weighted by molar-refractivity contribution is 7.10. The van der Waals surface area contributed by atoms with E-state index in [9.17, 15) is 9.59 Å². The van der Waals surface area contributed by atoms with Gasteiger partial charge in [-0.05, 0) is 36.4 Å². The monoisotopic (exact) mass is 477 g/mol. The van der Waals surface area contributed by atoms with Crippen LogP contribution in [0.2, 0.25) is 0 Å². The number of primary amides is 1. The number of aromatic nitrogens is 3. The highest BCUT2D eigenvalue weighted by Gasteiger charge is 2.23. The van der Waals surface area contributed by atoms with Crippen LogP contribution in [0.25, 0.3) is 11.3 Å². The fraction of sp³-hybridized carbons (Fsp3) is 0.292. The number of benzene rings is 1. The topological polar surface area (TPSA) is 117 Å². The van der Waals surface area contributed by atoms with Gasteiger partial charge >= 0.3 is 0 Å². The maximum atomic E-state index is 12.0. The third-order valence-corrected chi connectivity index (χ3v) is 6.54. The van der Waals surface area contributed by atoms with Gasteiger partial charge in [-0.3, -0.25) is 9.59 Å². The van der Waals surface area contributed by atoms with E-state index in [0.29, 0.717) is 17.6 Å². The SMILES string of the molecule is C=CC(=O)N1CCC(CN(C)c2cnc(C(N)=O)c(Nc3cc(-c4ccccc4)ns3)n2)CC1. The Bertz CT molecular complexity index is 1170. The largest absolute Gasteiger partial charge is 0.364 e. The predicted molar refractivity (Wildman–Crippen MR) is 134 cm³/mol. The average molecular weight is 478 g/mol. The van der Waals surface area contributed by atoms with E-state index in [2.05, 4.69) is 26.2 Å². The van der Waals surface area contributed by atoms with Crippen molar-refractivity contribution in [2.75, 3.05) is 36.9 Å². The lowest BCUT2D eigenvalue weighted by molar-refractivity contribution is -0.127. The molecule has 0 saturated carbocycles. The van der Waals surface area contributed by atoms with Crippen LogP contribution in [-0.2, 0) is 4.79 Å². The van der Waals surface area contributed by atoms with E-state index in [1.54, 1.807) is 6.20 Å². The third kappa shape index (κ3) is 5.40. The van der Waals surface area contributed by atoms with E-state index in [1.165, 1.54) is 17.6 Å². The molecule has 3 heterocycles. The number of rotatable bonds is 8. The zero-order chi connectivity index (χ0) is 24.1. The molecule has 4 rings (SSSR count). The molecule has 0 bridgehead atoms. The second kappa shape index (κ2) is 10.4. The standard InChI is InChI=1S/C24H27N7O2S/c1-3-21(32)31-11-9-16(10-12-31)15-30(2)19-14-26-22(23(25)33)24(27-19)28-20-13-18(29-34-20)17-7-5-4-6-8-17/h3-8,13-14,16H,1,9-12,15H2,2H3,(H2,25,33)(H,27,28). The summed E-state index contributed by atoms with van der Waals surface area (Å²) in [6, 6.07) is 11.7. The van der Waals surface area contributed by atoms with Gasteiger partial charge in [-0.1, -0.05) is 36.9 Å². The number of piperidine rings is 1. The lowest BCUT2D eigenvalue weighted by Gasteiger charge is -2.33. The summed E-state index contributed by atoms with van der Waals surface area (Å²) in [5.74, 6) is 0.671. The molecule has 0 atom stereocenters. The molecule has 3 N–H and O–H groups in total. The van der Waals surface area contributed by atoms with Crippen molar-refractivity contribution >= 4 is 40.0 Å². The van der Waals surface area contributed by atoms with Crippen LogP contribution in [0.4, 0.5) is 16.6 Å². The Morgan fingerprint density at radius 2 is 2.03 bits per heavy atom. The van der Waals surface area contributed by atoms with E-state index in [1.807, 2.05) is 53.2 Å². The summed E-state index contributed by atoms with van der Waals surface area (Å²) < 4.78 is 4.49. The zero-order valence-corrected chi connectivity index (χ0v) is 19.8. The molecule has 34 heavy (non-hydrogen) atoms. The number of nitrogens with two attached hydrogens (primary N) is 1. The fourth-order valence-electron chi connectivity index (χ4n) is 3.97. The van der Waals surface area contributed by atoms with Gasteiger partial charge in [0, 0.05) is 38.3 Å². The Morgan fingerprint density at radius 3 is 2.71 bits per heavy atom. The normalized spacial score (nSPS) is 14.0. The predicted octanol–water partition coefficient (Wildman–Crippen LogP) is 3.30. The molecule has 2 amide bonds. The molecular formula is C24H27N7O2S. The molecule has 9 nitrogen and oxygen atoms in total. The van der Waals surface area contributed by atoms with Gasteiger partial charge in [0.2, 0.25) is 5.91 Å². The fourth-order valence-corrected chi connectivity index (χ4v) is 4.63. The number of likely N-dealkylation sites (tertiary alicyclic amines) is 1. The van der Waals surface area contributed by atoms with Crippen molar-refractivity contribution in [1.29, 1.82) is 0 Å². The van der Waals surface area contributed by atoms with Gasteiger partial charge in [0.25, 0.3) is 5.91 Å². The van der Waals surface area contributed by atoms with Crippen molar-refractivity contribution in [1.82, 2.24) is 19.2 Å². The molecule has 0 spiro atoms. The van der Waals surface area contributed by atoms with Gasteiger partial charge in [-0.25, -0.2) is 9.97 Å². The first-order valence-electron chi connectivity index (χ1n) is 11.0. The summed E-state index contributed by atoms with van der Waals surface area (Å²) >= 11 is 1.27. The number of hydrogen-bond donors (Lipinski definition) is 2. The lowest BCUT2D eigenvalue weighted by Crippen LogP contribution is -2.40. The molecule has 0 radical (unpaired) electrons. The molecule has 1 aliphatic rings. The van der Waals surface area contributed by atoms with Crippen molar-refractivity contribution in [3.05, 3.63) is 60.9 Å². The van der Waals surface area contributed by atoms with Crippen molar-refractivity contribution in [2.24, 2.45) is 11.7 Å². The van der Waals surface area contributed by atoms with Crippen LogP contribution in [0.15, 0.2) is 55.3 Å². The number of nitrogens with zero attached hydrogens (tertiary/aromatic N) is 5. The molecule has 1 aromatic carbocycles. The van der Waals surface area contributed by atoms with Crippen molar-refractivity contribution in [3.63, 3.8) is 0 Å². The Hall–Kier alpha value is -3.79. The van der Waals surface area contributed by atoms with Gasteiger partial charge in [-0.2, -0.15) is 4.37 Å². The summed E-state index contributed by atoms with van der Waals surface area (Å²) in [5, 5.41) is 3.90. The van der Waals surface area contributed by atoms with E-state index >= 15 is 0 Å². The van der Waals surface area contributed by atoms with Gasteiger partial charge in [0.05, 0.1) is 11.9 Å². The molecule has 2 aromatic heterocycles. The first kappa shape index (κ1) is 23.4. The van der Waals surface area contributed by atoms with Crippen molar-refractivity contribution in [3.8, 4) is 11.3 Å². The van der Waals surface area contributed by atoms with E-state index in [4.69, 9.17) is 5.73 Å². The van der Waals surface area contributed by atoms with Gasteiger partial charge < -0.3 is 20.9 Å². The molecule has 0 unspecified atom stereocenters. The number of hydrogen-bond acceptors (Lipinski definition) is 8. The van der Waals surface area contributed by atoms with Gasteiger partial charge in [0.1, 0.15) is 10.8 Å². The van der Waals surface area contributed by atoms with Crippen LogP contribution in [0.3, 0.4) is 0 Å². The minimum Gasteiger partial charge on any atom is -0.364 e. The summed E-state index contributed by atoms with van der Waals surface area (Å²) in [6.45, 7) is 5.76. The molecule has 3 aromatic rings. The third-order valence-electron chi connectivity index (χ3n) is 5.84. The Kier molecular flexibility index (Phi) is 7.17. The molecule has 1 fully saturated rings. The van der Waals surface area contributed by atoms with Gasteiger partial charge in [0.15, 0.2) is 11.5 Å². The van der Waals surface area contributed by atoms with Crippen LogP contribution in [0.5, 0.6) is 0 Å². The second-order valence-electron chi connectivity index (χ2n) is 8.21. The maximum Gasteiger partial charge on any atom is 0.271 e. The average Bonchev–Trinajstić information content (AvgIpc) is 3.33. The minimum atomic E-state index is -0.656. The van der Waals surface area contributed by atoms with Crippen LogP contribution in [0.1, 0.15) is 23.3 Å². The highest BCUT2D eigenvalue weighted by atomic mass is 32.1. The summed E-state index contributed by atoms with van der Waals surface area (Å²) in [4.78, 5) is 36.5. The Morgan fingerprint density at radius 1 is 1.29 bits per heavy atom. The molecule has 1 aliphatic heterocycles.